The molecule has 0 saturated heterocycles. The van der Waals surface area contributed by atoms with Gasteiger partial charge in [-0.25, -0.2) is 4.39 Å². The molecule has 0 bridgehead atoms. The zero-order valence-corrected chi connectivity index (χ0v) is 19.3. The topological polar surface area (TPSA) is 58.6 Å². The van der Waals surface area contributed by atoms with Crippen molar-refractivity contribution in [1.82, 2.24) is 10.2 Å². The molecule has 0 aliphatic rings. The third-order valence-electron chi connectivity index (χ3n) is 5.55. The van der Waals surface area contributed by atoms with E-state index >= 15 is 0 Å². The van der Waals surface area contributed by atoms with Gasteiger partial charge in [0.25, 0.3) is 5.91 Å². The Hall–Kier alpha value is -2.89. The first-order valence-electron chi connectivity index (χ1n) is 10.7. The van der Waals surface area contributed by atoms with E-state index in [0.717, 1.165) is 28.7 Å². The van der Waals surface area contributed by atoms with Crippen LogP contribution in [0.2, 0.25) is 0 Å². The lowest BCUT2D eigenvalue weighted by Crippen LogP contribution is -2.50. The van der Waals surface area contributed by atoms with Gasteiger partial charge in [-0.15, -0.1) is 0 Å². The largest absolute Gasteiger partial charge is 0.483 e. The molecule has 0 unspecified atom stereocenters. The summed E-state index contributed by atoms with van der Waals surface area (Å²) >= 11 is 0. The number of carbonyl (C=O) groups excluding carboxylic acids is 2. The number of aryl methyl sites for hydroxylation is 2. The standard InChI is InChI=1S/C25H33FN2O3/c1-7-18(4)27-25(30)20(6)28(14-21-8-10-22(26)11-9-21)24(29)15-31-23-13-16(2)12-17(3)19(23)5/h8-13,18,20H,7,14-15H2,1-6H3,(H,27,30)/t18-,20-/m1/s1. The van der Waals surface area contributed by atoms with Crippen molar-refractivity contribution in [3.63, 3.8) is 0 Å². The van der Waals surface area contributed by atoms with Crippen molar-refractivity contribution in [3.05, 3.63) is 64.5 Å². The molecular weight excluding hydrogens is 395 g/mol. The second-order valence-electron chi connectivity index (χ2n) is 8.14. The predicted molar refractivity (Wildman–Crippen MR) is 120 cm³/mol. The molecule has 2 amide bonds. The molecular formula is C25H33FN2O3. The molecule has 0 heterocycles. The molecule has 1 N–H and O–H groups in total. The van der Waals surface area contributed by atoms with E-state index in [4.69, 9.17) is 4.74 Å². The summed E-state index contributed by atoms with van der Waals surface area (Å²) in [5.41, 5.74) is 3.86. The van der Waals surface area contributed by atoms with Crippen LogP contribution < -0.4 is 10.1 Å². The minimum absolute atomic E-state index is 0.00638. The van der Waals surface area contributed by atoms with E-state index in [-0.39, 0.29) is 36.8 Å². The number of halogens is 1. The molecule has 0 saturated carbocycles. The number of ether oxygens (including phenoxy) is 1. The molecule has 0 aromatic heterocycles. The number of benzene rings is 2. The van der Waals surface area contributed by atoms with Gasteiger partial charge in [0.1, 0.15) is 17.6 Å². The second-order valence-corrected chi connectivity index (χ2v) is 8.14. The Kier molecular flexibility index (Phi) is 8.60. The molecule has 0 aliphatic carbocycles. The second kappa shape index (κ2) is 10.9. The molecule has 0 spiro atoms. The fraction of sp³-hybridized carbons (Fsp3) is 0.440. The number of rotatable bonds is 9. The minimum Gasteiger partial charge on any atom is -0.483 e. The molecule has 2 rings (SSSR count). The van der Waals surface area contributed by atoms with Crippen molar-refractivity contribution in [3.8, 4) is 5.75 Å². The zero-order valence-electron chi connectivity index (χ0n) is 19.3. The average Bonchev–Trinajstić information content (AvgIpc) is 2.73. The lowest BCUT2D eigenvalue weighted by Gasteiger charge is -2.29. The molecule has 0 aliphatic heterocycles. The first kappa shape index (κ1) is 24.4. The Morgan fingerprint density at radius 1 is 1.10 bits per heavy atom. The number of nitrogens with one attached hydrogen (secondary N) is 1. The number of carbonyl (C=O) groups is 2. The SMILES string of the molecule is CC[C@@H](C)NC(=O)[C@@H](C)N(Cc1ccc(F)cc1)C(=O)COc1cc(C)cc(C)c1C. The Morgan fingerprint density at radius 2 is 1.74 bits per heavy atom. The first-order chi connectivity index (χ1) is 14.6. The number of amides is 2. The summed E-state index contributed by atoms with van der Waals surface area (Å²) in [6.07, 6.45) is 0.791. The molecule has 2 atom stereocenters. The van der Waals surface area contributed by atoms with E-state index in [1.54, 1.807) is 19.1 Å². The highest BCUT2D eigenvalue weighted by Crippen LogP contribution is 2.23. The molecule has 0 radical (unpaired) electrons. The van der Waals surface area contributed by atoms with Gasteiger partial charge in [-0.3, -0.25) is 9.59 Å². The Labute approximate surface area is 184 Å². The first-order valence-corrected chi connectivity index (χ1v) is 10.7. The summed E-state index contributed by atoms with van der Waals surface area (Å²) < 4.78 is 19.1. The van der Waals surface area contributed by atoms with E-state index in [1.165, 1.54) is 17.0 Å². The smallest absolute Gasteiger partial charge is 0.261 e. The van der Waals surface area contributed by atoms with Crippen molar-refractivity contribution in [2.75, 3.05) is 6.61 Å². The van der Waals surface area contributed by atoms with Crippen LogP contribution in [0.3, 0.4) is 0 Å². The number of hydrogen-bond donors (Lipinski definition) is 1. The Balaban J connectivity index is 2.20. The predicted octanol–water partition coefficient (Wildman–Crippen LogP) is 4.46. The van der Waals surface area contributed by atoms with Crippen molar-refractivity contribution in [2.45, 2.75) is 66.6 Å². The summed E-state index contributed by atoms with van der Waals surface area (Å²) in [5.74, 6) is -0.232. The maximum Gasteiger partial charge on any atom is 0.261 e. The zero-order chi connectivity index (χ0) is 23.1. The lowest BCUT2D eigenvalue weighted by atomic mass is 10.1. The normalized spacial score (nSPS) is 12.7. The number of nitrogens with zero attached hydrogens (tertiary/aromatic N) is 1. The van der Waals surface area contributed by atoms with Crippen LogP contribution in [0.1, 0.15) is 49.4 Å². The Morgan fingerprint density at radius 3 is 2.35 bits per heavy atom. The monoisotopic (exact) mass is 428 g/mol. The van der Waals surface area contributed by atoms with Gasteiger partial charge in [-0.1, -0.05) is 25.1 Å². The Bertz CT molecular complexity index is 912. The van der Waals surface area contributed by atoms with Crippen LogP contribution in [0.4, 0.5) is 4.39 Å². The van der Waals surface area contributed by atoms with Crippen LogP contribution in [-0.2, 0) is 16.1 Å². The van der Waals surface area contributed by atoms with Crippen molar-refractivity contribution in [1.29, 1.82) is 0 Å². The van der Waals surface area contributed by atoms with Crippen molar-refractivity contribution in [2.24, 2.45) is 0 Å². The van der Waals surface area contributed by atoms with Gasteiger partial charge in [0.2, 0.25) is 5.91 Å². The lowest BCUT2D eigenvalue weighted by molar-refractivity contribution is -0.142. The van der Waals surface area contributed by atoms with Crippen LogP contribution in [0.15, 0.2) is 36.4 Å². The molecule has 6 heteroatoms. The third kappa shape index (κ3) is 6.81. The average molecular weight is 429 g/mol. The molecule has 0 fully saturated rings. The molecule has 31 heavy (non-hydrogen) atoms. The summed E-state index contributed by atoms with van der Waals surface area (Å²) in [4.78, 5) is 27.3. The molecule has 5 nitrogen and oxygen atoms in total. The maximum absolute atomic E-state index is 13.3. The highest BCUT2D eigenvalue weighted by Gasteiger charge is 2.27. The van der Waals surface area contributed by atoms with E-state index in [2.05, 4.69) is 11.4 Å². The van der Waals surface area contributed by atoms with Gasteiger partial charge in [-0.2, -0.15) is 0 Å². The maximum atomic E-state index is 13.3. The van der Waals surface area contributed by atoms with Crippen molar-refractivity contribution >= 4 is 11.8 Å². The van der Waals surface area contributed by atoms with Crippen molar-refractivity contribution < 1.29 is 18.7 Å². The quantitative estimate of drug-likeness (QED) is 0.641. The third-order valence-corrected chi connectivity index (χ3v) is 5.55. The van der Waals surface area contributed by atoms with E-state index in [9.17, 15) is 14.0 Å². The van der Waals surface area contributed by atoms with Gasteiger partial charge >= 0.3 is 0 Å². The van der Waals surface area contributed by atoms with Gasteiger partial charge in [-0.05, 0) is 81.5 Å². The van der Waals surface area contributed by atoms with Gasteiger partial charge in [0.05, 0.1) is 0 Å². The molecule has 168 valence electrons. The van der Waals surface area contributed by atoms with Crippen LogP contribution in [0.25, 0.3) is 0 Å². The highest BCUT2D eigenvalue weighted by atomic mass is 19.1. The fourth-order valence-corrected chi connectivity index (χ4v) is 3.21. The van der Waals surface area contributed by atoms with Gasteiger partial charge in [0.15, 0.2) is 6.61 Å². The summed E-state index contributed by atoms with van der Waals surface area (Å²) in [6.45, 7) is 11.5. The van der Waals surface area contributed by atoms with E-state index in [1.807, 2.05) is 40.7 Å². The molecule has 2 aromatic rings. The molecule has 2 aromatic carbocycles. The number of hydrogen-bond acceptors (Lipinski definition) is 3. The summed E-state index contributed by atoms with van der Waals surface area (Å²) in [7, 11) is 0. The summed E-state index contributed by atoms with van der Waals surface area (Å²) in [6, 6.07) is 9.19. The van der Waals surface area contributed by atoms with E-state index < -0.39 is 6.04 Å². The van der Waals surface area contributed by atoms with Gasteiger partial charge in [0, 0.05) is 12.6 Å². The highest BCUT2D eigenvalue weighted by molar-refractivity contribution is 5.88. The van der Waals surface area contributed by atoms with Crippen LogP contribution >= 0.6 is 0 Å². The van der Waals surface area contributed by atoms with Crippen LogP contribution in [0.5, 0.6) is 5.75 Å². The van der Waals surface area contributed by atoms with Crippen LogP contribution in [0, 0.1) is 26.6 Å². The van der Waals surface area contributed by atoms with E-state index in [0.29, 0.717) is 5.75 Å². The summed E-state index contributed by atoms with van der Waals surface area (Å²) in [5, 5.41) is 2.92. The fourth-order valence-electron chi connectivity index (χ4n) is 3.21. The van der Waals surface area contributed by atoms with Crippen LogP contribution in [-0.4, -0.2) is 35.4 Å². The van der Waals surface area contributed by atoms with Gasteiger partial charge < -0.3 is 15.0 Å². The minimum atomic E-state index is -0.699.